The van der Waals surface area contributed by atoms with Crippen molar-refractivity contribution < 1.29 is 32.2 Å². The molecule has 5 rings (SSSR count). The Morgan fingerprint density at radius 1 is 0.778 bits per heavy atom. The van der Waals surface area contributed by atoms with Gasteiger partial charge in [0.25, 0.3) is 21.8 Å². The highest BCUT2D eigenvalue weighted by atomic mass is 79.9. The molecule has 0 saturated carbocycles. The highest BCUT2D eigenvalue weighted by Gasteiger charge is 2.41. The summed E-state index contributed by atoms with van der Waals surface area (Å²) < 4.78 is 45.7. The quantitative estimate of drug-likeness (QED) is 0.166. The molecule has 2 N–H and O–H groups in total. The Hall–Kier alpha value is -4.46. The van der Waals surface area contributed by atoms with Crippen molar-refractivity contribution in [2.75, 3.05) is 36.3 Å². The normalized spacial score (nSPS) is 13.2. The third kappa shape index (κ3) is 6.80. The van der Waals surface area contributed by atoms with Gasteiger partial charge in [-0.25, -0.2) is 13.3 Å². The van der Waals surface area contributed by atoms with E-state index in [-0.39, 0.29) is 26.9 Å². The predicted molar refractivity (Wildman–Crippen MR) is 178 cm³/mol. The third-order valence-electron chi connectivity index (χ3n) is 6.70. The maximum atomic E-state index is 14.0. The minimum absolute atomic E-state index is 0.0505. The van der Waals surface area contributed by atoms with Crippen LogP contribution in [-0.2, 0) is 19.6 Å². The topological polar surface area (TPSA) is 123 Å². The number of rotatable bonds is 11. The van der Waals surface area contributed by atoms with Crippen LogP contribution in [0.3, 0.4) is 0 Å². The van der Waals surface area contributed by atoms with Crippen LogP contribution in [-0.4, -0.2) is 41.6 Å². The van der Waals surface area contributed by atoms with Crippen molar-refractivity contribution >= 4 is 66.6 Å². The number of benzene rings is 4. The van der Waals surface area contributed by atoms with Gasteiger partial charge in [-0.2, -0.15) is 0 Å². The van der Waals surface area contributed by atoms with E-state index >= 15 is 0 Å². The molecule has 13 heteroatoms. The fourth-order valence-electron chi connectivity index (χ4n) is 4.54. The van der Waals surface area contributed by atoms with Crippen molar-refractivity contribution in [1.82, 2.24) is 0 Å². The van der Waals surface area contributed by atoms with Crippen molar-refractivity contribution in [3.8, 4) is 17.2 Å². The monoisotopic (exact) mass is 709 g/mol. The van der Waals surface area contributed by atoms with E-state index in [4.69, 9.17) is 14.2 Å². The van der Waals surface area contributed by atoms with Crippen LogP contribution in [0.15, 0.2) is 110 Å². The number of carbonyl (C=O) groups excluding carboxylic acids is 2. The van der Waals surface area contributed by atoms with Crippen molar-refractivity contribution in [2.24, 2.45) is 0 Å². The molecular formula is C32H28BrN3O7S2. The molecule has 0 radical (unpaired) electrons. The number of amides is 2. The van der Waals surface area contributed by atoms with Crippen molar-refractivity contribution in [2.45, 2.75) is 16.7 Å². The molecule has 0 fully saturated rings. The van der Waals surface area contributed by atoms with E-state index < -0.39 is 21.8 Å². The molecular weight excluding hydrogens is 682 g/mol. The molecule has 45 heavy (non-hydrogen) atoms. The molecule has 232 valence electrons. The van der Waals surface area contributed by atoms with E-state index in [1.54, 1.807) is 79.9 Å². The molecule has 1 aliphatic heterocycles. The summed E-state index contributed by atoms with van der Waals surface area (Å²) in [6.45, 7) is 1.85. The molecule has 2 amide bonds. The smallest absolute Gasteiger partial charge is 0.283 e. The minimum atomic E-state index is -4.05. The number of halogens is 1. The van der Waals surface area contributed by atoms with Gasteiger partial charge in [-0.1, -0.05) is 39.8 Å². The number of thioether (sulfide) groups is 1. The van der Waals surface area contributed by atoms with Gasteiger partial charge in [0.2, 0.25) is 0 Å². The van der Waals surface area contributed by atoms with Crippen LogP contribution in [0.2, 0.25) is 0 Å². The summed E-state index contributed by atoms with van der Waals surface area (Å²) in [6.07, 6.45) is 0. The van der Waals surface area contributed by atoms with Gasteiger partial charge < -0.3 is 19.5 Å². The molecule has 0 saturated heterocycles. The van der Waals surface area contributed by atoms with Crippen molar-refractivity contribution in [3.63, 3.8) is 0 Å². The molecule has 1 heterocycles. The summed E-state index contributed by atoms with van der Waals surface area (Å²) in [5.41, 5.74) is 2.01. The molecule has 4 aromatic rings. The van der Waals surface area contributed by atoms with E-state index in [0.717, 1.165) is 22.2 Å². The lowest BCUT2D eigenvalue weighted by Crippen LogP contribution is -2.32. The van der Waals surface area contributed by atoms with Gasteiger partial charge >= 0.3 is 0 Å². The van der Waals surface area contributed by atoms with E-state index in [0.29, 0.717) is 32.2 Å². The lowest BCUT2D eigenvalue weighted by Gasteiger charge is -2.19. The number of nitrogens with one attached hydrogen (secondary N) is 2. The van der Waals surface area contributed by atoms with Crippen LogP contribution in [0.5, 0.6) is 17.2 Å². The van der Waals surface area contributed by atoms with Crippen LogP contribution >= 0.6 is 27.7 Å². The number of nitrogens with zero attached hydrogens (tertiary/aromatic N) is 1. The van der Waals surface area contributed by atoms with Crippen LogP contribution in [0, 0.1) is 6.92 Å². The zero-order valence-corrected chi connectivity index (χ0v) is 27.8. The van der Waals surface area contributed by atoms with Crippen LogP contribution < -0.4 is 29.1 Å². The number of carbonyl (C=O) groups is 2. The molecule has 0 aromatic heterocycles. The molecule has 1 aliphatic rings. The third-order valence-corrected chi connectivity index (χ3v) is 9.67. The highest BCUT2D eigenvalue weighted by molar-refractivity contribution is 9.10. The zero-order valence-electron chi connectivity index (χ0n) is 24.6. The summed E-state index contributed by atoms with van der Waals surface area (Å²) in [5.74, 6) is 0.0357. The highest BCUT2D eigenvalue weighted by Crippen LogP contribution is 2.41. The second-order valence-electron chi connectivity index (χ2n) is 9.71. The number of anilines is 3. The molecule has 10 nitrogen and oxygen atoms in total. The van der Waals surface area contributed by atoms with Crippen molar-refractivity contribution in [1.29, 1.82) is 0 Å². The molecule has 0 aliphatic carbocycles. The number of hydrogen-bond acceptors (Lipinski definition) is 9. The Bertz CT molecular complexity index is 1930. The van der Waals surface area contributed by atoms with Gasteiger partial charge in [-0.3, -0.25) is 14.3 Å². The van der Waals surface area contributed by atoms with E-state index in [2.05, 4.69) is 26.0 Å². The van der Waals surface area contributed by atoms with Gasteiger partial charge in [0.05, 0.1) is 27.0 Å². The SMILES string of the molecule is COc1ccc(NC2=C(Sc3cccc(NS(=O)(=O)c4cc(Br)ccc4OC)c3)C(=O)N(c3cc(C)ccc3OC)C2=O)cc1. The van der Waals surface area contributed by atoms with Gasteiger partial charge in [-0.15, -0.1) is 0 Å². The second kappa shape index (κ2) is 13.3. The summed E-state index contributed by atoms with van der Waals surface area (Å²) in [5, 5.41) is 3.11. The van der Waals surface area contributed by atoms with Gasteiger partial charge in [0.1, 0.15) is 32.7 Å². The Labute approximate surface area is 273 Å². The predicted octanol–water partition coefficient (Wildman–Crippen LogP) is 6.57. The largest absolute Gasteiger partial charge is 0.497 e. The lowest BCUT2D eigenvalue weighted by molar-refractivity contribution is -0.120. The minimum Gasteiger partial charge on any atom is -0.497 e. The second-order valence-corrected chi connectivity index (χ2v) is 13.4. The van der Waals surface area contributed by atoms with E-state index in [9.17, 15) is 18.0 Å². The summed E-state index contributed by atoms with van der Waals surface area (Å²) in [6, 6.07) is 23.3. The number of sulfonamides is 1. The Morgan fingerprint density at radius 3 is 2.18 bits per heavy atom. The molecule has 4 aromatic carbocycles. The first-order valence-corrected chi connectivity index (χ1v) is 16.5. The van der Waals surface area contributed by atoms with E-state index in [1.165, 1.54) is 20.3 Å². The summed E-state index contributed by atoms with van der Waals surface area (Å²) in [4.78, 5) is 29.5. The number of ether oxygens (including phenoxy) is 3. The molecule has 0 spiro atoms. The average molecular weight is 711 g/mol. The van der Waals surface area contributed by atoms with Crippen LogP contribution in [0.4, 0.5) is 17.1 Å². The summed E-state index contributed by atoms with van der Waals surface area (Å²) in [7, 11) is 0.360. The van der Waals surface area contributed by atoms with Crippen LogP contribution in [0.1, 0.15) is 5.56 Å². The molecule has 0 unspecified atom stereocenters. The van der Waals surface area contributed by atoms with Crippen LogP contribution in [0.25, 0.3) is 0 Å². The maximum Gasteiger partial charge on any atom is 0.283 e. The van der Waals surface area contributed by atoms with Gasteiger partial charge in [0.15, 0.2) is 0 Å². The Balaban J connectivity index is 1.51. The molecule has 0 atom stereocenters. The van der Waals surface area contributed by atoms with Gasteiger partial charge in [-0.05, 0) is 85.3 Å². The Kier molecular flexibility index (Phi) is 9.42. The zero-order chi connectivity index (χ0) is 32.3. The number of methoxy groups -OCH3 is 3. The number of hydrogen-bond donors (Lipinski definition) is 2. The lowest BCUT2D eigenvalue weighted by atomic mass is 10.2. The number of aryl methyl sites for hydroxylation is 1. The summed E-state index contributed by atoms with van der Waals surface area (Å²) >= 11 is 4.34. The first kappa shape index (κ1) is 31.9. The average Bonchev–Trinajstić information content (AvgIpc) is 3.25. The fraction of sp³-hybridized carbons (Fsp3) is 0.125. The fourth-order valence-corrected chi connectivity index (χ4v) is 7.28. The molecule has 0 bridgehead atoms. The first-order valence-electron chi connectivity index (χ1n) is 13.4. The van der Waals surface area contributed by atoms with Gasteiger partial charge in [0, 0.05) is 20.7 Å². The standard InChI is InChI=1S/C32H28BrN3O7S2/c1-19-8-14-26(42-3)25(16-19)36-31(37)29(34-21-10-12-23(41-2)13-11-21)30(32(36)38)44-24-7-5-6-22(18-24)35-45(39,40)28-17-20(33)9-15-27(28)43-4/h5-18,34-35H,1-4H3. The Morgan fingerprint density at radius 2 is 1.49 bits per heavy atom. The van der Waals surface area contributed by atoms with E-state index in [1.807, 2.05) is 13.0 Å². The number of imide groups is 1. The first-order chi connectivity index (χ1) is 21.5. The van der Waals surface area contributed by atoms with Crippen molar-refractivity contribution in [3.05, 3.63) is 106 Å². The maximum absolute atomic E-state index is 14.0.